The Labute approximate surface area is 305 Å². The van der Waals surface area contributed by atoms with Crippen molar-refractivity contribution in [3.05, 3.63) is 205 Å². The first-order valence-electron chi connectivity index (χ1n) is 18.0. The van der Waals surface area contributed by atoms with E-state index < -0.39 is 0 Å². The van der Waals surface area contributed by atoms with E-state index in [-0.39, 0.29) is 0 Å². The molecule has 0 heterocycles. The van der Waals surface area contributed by atoms with Crippen LogP contribution in [0, 0.1) is 6.92 Å². The maximum absolute atomic E-state index is 2.44. The Bertz CT molecular complexity index is 2760. The molecule has 9 rings (SSSR count). The van der Waals surface area contributed by atoms with Crippen LogP contribution in [-0.4, -0.2) is 0 Å². The Hall–Kier alpha value is -6.64. The summed E-state index contributed by atoms with van der Waals surface area (Å²) in [7, 11) is 0. The molecule has 0 atom stereocenters. The van der Waals surface area contributed by atoms with Gasteiger partial charge >= 0.3 is 0 Å². The smallest absolute Gasteiger partial charge is 0.0546 e. The van der Waals surface area contributed by atoms with Crippen molar-refractivity contribution >= 4 is 77.2 Å². The van der Waals surface area contributed by atoms with Crippen LogP contribution in [0.25, 0.3) is 48.8 Å². The molecule has 52 heavy (non-hydrogen) atoms. The van der Waals surface area contributed by atoms with Gasteiger partial charge in [-0.1, -0.05) is 152 Å². The molecule has 0 saturated heterocycles. The highest BCUT2D eigenvalue weighted by atomic mass is 15.2. The molecule has 0 radical (unpaired) electrons. The molecule has 0 fully saturated rings. The maximum Gasteiger partial charge on any atom is 0.0546 e. The van der Waals surface area contributed by atoms with Crippen molar-refractivity contribution in [3.8, 4) is 0 Å². The fourth-order valence-corrected chi connectivity index (χ4v) is 7.92. The summed E-state index contributed by atoms with van der Waals surface area (Å²) < 4.78 is 0. The molecule has 0 amide bonds. The van der Waals surface area contributed by atoms with Crippen molar-refractivity contribution in [1.82, 2.24) is 0 Å². The highest BCUT2D eigenvalue weighted by molar-refractivity contribution is 6.25. The van der Waals surface area contributed by atoms with E-state index in [1.807, 2.05) is 0 Å². The molecule has 0 aliphatic rings. The standard InChI is InChI=1S/C50H38N2/c1-3-47(39-26-12-10-19-35(39)2)51(37-22-6-4-7-23-37)49-33-45-42-29-15-17-31-44(42)50(34-46(45)41-28-14-16-30-43(41)49)52(38-24-8-5-9-25-38)48-32-18-21-36-20-11-13-27-40(36)48/h3-34H,1-2H3/b47-3+. The molecule has 0 saturated carbocycles. The first kappa shape index (κ1) is 31.3. The molecule has 0 N–H and O–H groups in total. The molecule has 9 aromatic carbocycles. The average Bonchev–Trinajstić information content (AvgIpc) is 3.21. The van der Waals surface area contributed by atoms with E-state index in [4.69, 9.17) is 0 Å². The van der Waals surface area contributed by atoms with Crippen LogP contribution in [0.15, 0.2) is 194 Å². The number of para-hydroxylation sites is 2. The zero-order valence-electron chi connectivity index (χ0n) is 29.4. The van der Waals surface area contributed by atoms with E-state index in [1.54, 1.807) is 0 Å². The van der Waals surface area contributed by atoms with Gasteiger partial charge in [0.2, 0.25) is 0 Å². The van der Waals surface area contributed by atoms with Gasteiger partial charge in [0.25, 0.3) is 0 Å². The number of allylic oxidation sites excluding steroid dienone is 1. The van der Waals surface area contributed by atoms with Crippen LogP contribution < -0.4 is 9.80 Å². The average molecular weight is 667 g/mol. The number of nitrogens with zero attached hydrogens (tertiary/aromatic N) is 2. The Morgan fingerprint density at radius 1 is 0.404 bits per heavy atom. The molecule has 0 aliphatic heterocycles. The number of hydrogen-bond acceptors (Lipinski definition) is 2. The fraction of sp³-hybridized carbons (Fsp3) is 0.0400. The van der Waals surface area contributed by atoms with E-state index in [0.717, 1.165) is 34.1 Å². The van der Waals surface area contributed by atoms with Crippen LogP contribution >= 0.6 is 0 Å². The van der Waals surface area contributed by atoms with Crippen LogP contribution in [-0.2, 0) is 0 Å². The summed E-state index contributed by atoms with van der Waals surface area (Å²) in [5.74, 6) is 0. The Morgan fingerprint density at radius 2 is 0.904 bits per heavy atom. The molecule has 0 aromatic heterocycles. The van der Waals surface area contributed by atoms with Crippen molar-refractivity contribution in [2.75, 3.05) is 9.80 Å². The summed E-state index contributed by atoms with van der Waals surface area (Å²) in [6, 6.07) is 68.2. The zero-order chi connectivity index (χ0) is 35.0. The minimum absolute atomic E-state index is 1.12. The van der Waals surface area contributed by atoms with Crippen molar-refractivity contribution in [1.29, 1.82) is 0 Å². The predicted octanol–water partition coefficient (Wildman–Crippen LogP) is 14.3. The van der Waals surface area contributed by atoms with Crippen LogP contribution in [0.2, 0.25) is 0 Å². The zero-order valence-corrected chi connectivity index (χ0v) is 29.4. The van der Waals surface area contributed by atoms with E-state index in [1.165, 1.54) is 54.2 Å². The van der Waals surface area contributed by atoms with Gasteiger partial charge < -0.3 is 9.80 Å². The van der Waals surface area contributed by atoms with Gasteiger partial charge in [-0.15, -0.1) is 0 Å². The molecule has 2 heteroatoms. The minimum Gasteiger partial charge on any atom is -0.310 e. The summed E-state index contributed by atoms with van der Waals surface area (Å²) in [6.45, 7) is 4.35. The lowest BCUT2D eigenvalue weighted by molar-refractivity contribution is 1.28. The molecule has 9 aromatic rings. The minimum atomic E-state index is 1.12. The number of anilines is 5. The van der Waals surface area contributed by atoms with E-state index in [2.05, 4.69) is 218 Å². The van der Waals surface area contributed by atoms with Gasteiger partial charge in [-0.3, -0.25) is 0 Å². The monoisotopic (exact) mass is 666 g/mol. The second-order valence-corrected chi connectivity index (χ2v) is 13.3. The third-order valence-corrected chi connectivity index (χ3v) is 10.3. The molecular formula is C50H38N2. The maximum atomic E-state index is 2.44. The Balaban J connectivity index is 1.38. The lowest BCUT2D eigenvalue weighted by Gasteiger charge is -2.31. The molecule has 2 nitrogen and oxygen atoms in total. The number of aryl methyl sites for hydroxylation is 1. The molecule has 0 unspecified atom stereocenters. The third-order valence-electron chi connectivity index (χ3n) is 10.3. The van der Waals surface area contributed by atoms with Gasteiger partial charge in [0.1, 0.15) is 0 Å². The summed E-state index contributed by atoms with van der Waals surface area (Å²) >= 11 is 0. The number of rotatable bonds is 7. The van der Waals surface area contributed by atoms with Gasteiger partial charge in [-0.05, 0) is 88.8 Å². The lowest BCUT2D eigenvalue weighted by Crippen LogP contribution is -2.16. The molecular weight excluding hydrogens is 629 g/mol. The van der Waals surface area contributed by atoms with Gasteiger partial charge in [-0.2, -0.15) is 0 Å². The summed E-state index contributed by atoms with van der Waals surface area (Å²) in [4.78, 5) is 4.89. The molecule has 0 aliphatic carbocycles. The van der Waals surface area contributed by atoms with E-state index >= 15 is 0 Å². The summed E-state index contributed by atoms with van der Waals surface area (Å²) in [6.07, 6.45) is 2.25. The van der Waals surface area contributed by atoms with E-state index in [0.29, 0.717) is 0 Å². The summed E-state index contributed by atoms with van der Waals surface area (Å²) in [5, 5.41) is 9.71. The van der Waals surface area contributed by atoms with Crippen molar-refractivity contribution in [3.63, 3.8) is 0 Å². The first-order valence-corrected chi connectivity index (χ1v) is 18.0. The van der Waals surface area contributed by atoms with Gasteiger partial charge in [-0.25, -0.2) is 0 Å². The van der Waals surface area contributed by atoms with Crippen LogP contribution in [0.5, 0.6) is 0 Å². The number of fused-ring (bicyclic) bond motifs is 6. The fourth-order valence-electron chi connectivity index (χ4n) is 7.92. The molecule has 248 valence electrons. The van der Waals surface area contributed by atoms with Crippen molar-refractivity contribution in [2.24, 2.45) is 0 Å². The Kier molecular flexibility index (Phi) is 7.98. The first-order chi connectivity index (χ1) is 25.7. The third kappa shape index (κ3) is 5.28. The summed E-state index contributed by atoms with van der Waals surface area (Å²) in [5.41, 5.74) is 9.31. The highest BCUT2D eigenvalue weighted by Crippen LogP contribution is 2.48. The van der Waals surface area contributed by atoms with Crippen LogP contribution in [0.3, 0.4) is 0 Å². The predicted molar refractivity (Wildman–Crippen MR) is 225 cm³/mol. The highest BCUT2D eigenvalue weighted by Gasteiger charge is 2.24. The molecule has 0 spiro atoms. The quantitative estimate of drug-likeness (QED) is 0.156. The van der Waals surface area contributed by atoms with Gasteiger partial charge in [0, 0.05) is 38.8 Å². The topological polar surface area (TPSA) is 6.48 Å². The van der Waals surface area contributed by atoms with Crippen LogP contribution in [0.4, 0.5) is 28.4 Å². The largest absolute Gasteiger partial charge is 0.310 e. The van der Waals surface area contributed by atoms with Crippen LogP contribution in [0.1, 0.15) is 18.1 Å². The second-order valence-electron chi connectivity index (χ2n) is 13.3. The van der Waals surface area contributed by atoms with Crippen molar-refractivity contribution < 1.29 is 0 Å². The van der Waals surface area contributed by atoms with Crippen molar-refractivity contribution in [2.45, 2.75) is 13.8 Å². The van der Waals surface area contributed by atoms with Gasteiger partial charge in [0.15, 0.2) is 0 Å². The normalized spacial score (nSPS) is 11.8. The number of hydrogen-bond donors (Lipinski definition) is 0. The lowest BCUT2D eigenvalue weighted by atomic mass is 9.92. The number of benzene rings is 9. The van der Waals surface area contributed by atoms with Gasteiger partial charge in [0.05, 0.1) is 17.1 Å². The SMILES string of the molecule is C/C=C(\c1ccccc1C)N(c1ccccc1)c1cc2c3ccccc3c(N(c3ccccc3)c3cccc4ccccc34)cc2c2ccccc12. The molecule has 0 bridgehead atoms. The van der Waals surface area contributed by atoms with E-state index in [9.17, 15) is 0 Å². The Morgan fingerprint density at radius 3 is 1.56 bits per heavy atom. The second kappa shape index (κ2) is 13.2.